The number of nitrogens with one attached hydrogen (secondary N) is 1. The minimum absolute atomic E-state index is 0.237. The summed E-state index contributed by atoms with van der Waals surface area (Å²) in [4.78, 5) is 0. The van der Waals surface area contributed by atoms with Gasteiger partial charge >= 0.3 is 0 Å². The number of halogens is 2. The Hall–Kier alpha value is 0.590. The molecule has 0 aliphatic carbocycles. The molecule has 0 saturated carbocycles. The molecule has 0 bridgehead atoms. The molecule has 0 fully saturated rings. The van der Waals surface area contributed by atoms with Crippen LogP contribution in [0, 0.1) is 0 Å². The smallest absolute Gasteiger partial charge is 0.0991 e. The van der Waals surface area contributed by atoms with Gasteiger partial charge in [0.1, 0.15) is 0 Å². The summed E-state index contributed by atoms with van der Waals surface area (Å²) in [5.74, 6) is 0. The van der Waals surface area contributed by atoms with Gasteiger partial charge in [0.15, 0.2) is 0 Å². The zero-order valence-electron chi connectivity index (χ0n) is 9.93. The molecule has 0 saturated heterocycles. The molecule has 0 aromatic carbocycles. The topological polar surface area (TPSA) is 12.0 Å². The first-order chi connectivity index (χ1) is 7.35. The minimum atomic E-state index is 0.237. The monoisotopic (exact) mass is 297 g/mol. The Morgan fingerprint density at radius 3 is 2.56 bits per heavy atom. The summed E-state index contributed by atoms with van der Waals surface area (Å²) in [6.07, 6.45) is 2.13. The largest absolute Gasteiger partial charge is 0.309 e. The second kappa shape index (κ2) is 5.96. The van der Waals surface area contributed by atoms with Crippen molar-refractivity contribution < 1.29 is 0 Å². The summed E-state index contributed by atoms with van der Waals surface area (Å²) in [6, 6.07) is 2.18. The first-order valence-electron chi connectivity index (χ1n) is 5.09. The standard InChI is InChI=1S/C11H17Cl2NS2/c1-7(14-6-11(2,3)15-4)8-5-9(12)16-10(8)13/h5,7,14H,6H2,1-4H3. The molecule has 1 N–H and O–H groups in total. The van der Waals surface area contributed by atoms with E-state index in [2.05, 4.69) is 32.3 Å². The number of thioether (sulfide) groups is 1. The van der Waals surface area contributed by atoms with Crippen LogP contribution in [0.4, 0.5) is 0 Å². The summed E-state index contributed by atoms with van der Waals surface area (Å²) in [7, 11) is 0. The molecular formula is C11H17Cl2NS2. The minimum Gasteiger partial charge on any atom is -0.309 e. The summed E-state index contributed by atoms with van der Waals surface area (Å²) >= 11 is 15.3. The van der Waals surface area contributed by atoms with Crippen molar-refractivity contribution >= 4 is 46.3 Å². The predicted octanol–water partition coefficient (Wildman–Crippen LogP) is 4.85. The van der Waals surface area contributed by atoms with E-state index >= 15 is 0 Å². The Morgan fingerprint density at radius 2 is 2.12 bits per heavy atom. The molecule has 0 radical (unpaired) electrons. The maximum atomic E-state index is 6.11. The van der Waals surface area contributed by atoms with Crippen LogP contribution in [0.5, 0.6) is 0 Å². The van der Waals surface area contributed by atoms with Crippen molar-refractivity contribution in [2.75, 3.05) is 12.8 Å². The average Bonchev–Trinajstić information content (AvgIpc) is 2.54. The van der Waals surface area contributed by atoms with Crippen LogP contribution in [0.3, 0.4) is 0 Å². The van der Waals surface area contributed by atoms with E-state index in [1.165, 1.54) is 11.3 Å². The van der Waals surface area contributed by atoms with Gasteiger partial charge in [-0.15, -0.1) is 11.3 Å². The number of hydrogen-bond donors (Lipinski definition) is 1. The summed E-state index contributed by atoms with van der Waals surface area (Å²) in [5, 5.41) is 3.49. The van der Waals surface area contributed by atoms with Crippen LogP contribution < -0.4 is 5.32 Å². The van der Waals surface area contributed by atoms with Gasteiger partial charge in [0.2, 0.25) is 0 Å². The summed E-state index contributed by atoms with van der Waals surface area (Å²) in [6.45, 7) is 7.50. The lowest BCUT2D eigenvalue weighted by Gasteiger charge is -2.25. The molecule has 1 rings (SSSR count). The van der Waals surface area contributed by atoms with E-state index in [0.717, 1.165) is 20.8 Å². The molecule has 92 valence electrons. The van der Waals surface area contributed by atoms with Crippen LogP contribution in [0.1, 0.15) is 32.4 Å². The third kappa shape index (κ3) is 4.11. The highest BCUT2D eigenvalue weighted by molar-refractivity contribution is 7.99. The van der Waals surface area contributed by atoms with E-state index < -0.39 is 0 Å². The summed E-state index contributed by atoms with van der Waals surface area (Å²) in [5.41, 5.74) is 1.09. The average molecular weight is 298 g/mol. The van der Waals surface area contributed by atoms with Gasteiger partial charge in [-0.05, 0) is 38.7 Å². The highest BCUT2D eigenvalue weighted by atomic mass is 35.5. The molecule has 1 atom stereocenters. The fourth-order valence-electron chi connectivity index (χ4n) is 1.23. The van der Waals surface area contributed by atoms with Gasteiger partial charge in [0.25, 0.3) is 0 Å². The van der Waals surface area contributed by atoms with E-state index in [1.54, 1.807) is 0 Å². The van der Waals surface area contributed by atoms with Crippen LogP contribution in [-0.4, -0.2) is 17.5 Å². The molecule has 5 heteroatoms. The number of rotatable bonds is 5. The van der Waals surface area contributed by atoms with Crippen LogP contribution in [0.25, 0.3) is 0 Å². The van der Waals surface area contributed by atoms with Gasteiger partial charge in [0, 0.05) is 17.3 Å². The van der Waals surface area contributed by atoms with Crippen LogP contribution in [-0.2, 0) is 0 Å². The van der Waals surface area contributed by atoms with E-state index in [0.29, 0.717) is 0 Å². The molecule has 0 aliphatic rings. The van der Waals surface area contributed by atoms with E-state index in [1.807, 2.05) is 17.8 Å². The van der Waals surface area contributed by atoms with Crippen LogP contribution in [0.15, 0.2) is 6.07 Å². The third-order valence-electron chi connectivity index (χ3n) is 2.54. The molecule has 1 heterocycles. The molecule has 1 aromatic rings. The van der Waals surface area contributed by atoms with Crippen molar-refractivity contribution in [1.29, 1.82) is 0 Å². The van der Waals surface area contributed by atoms with Gasteiger partial charge in [-0.3, -0.25) is 0 Å². The molecule has 0 aliphatic heterocycles. The maximum Gasteiger partial charge on any atom is 0.0991 e. The van der Waals surface area contributed by atoms with Crippen LogP contribution >= 0.6 is 46.3 Å². The Labute approximate surface area is 116 Å². The molecule has 0 amide bonds. The van der Waals surface area contributed by atoms with Crippen molar-refractivity contribution in [2.24, 2.45) is 0 Å². The summed E-state index contributed by atoms with van der Waals surface area (Å²) < 4.78 is 1.77. The number of hydrogen-bond acceptors (Lipinski definition) is 3. The van der Waals surface area contributed by atoms with E-state index in [4.69, 9.17) is 23.2 Å². The second-order valence-electron chi connectivity index (χ2n) is 4.35. The van der Waals surface area contributed by atoms with Crippen molar-refractivity contribution in [1.82, 2.24) is 5.32 Å². The molecule has 1 unspecified atom stereocenters. The first-order valence-corrected chi connectivity index (χ1v) is 7.88. The van der Waals surface area contributed by atoms with E-state index in [-0.39, 0.29) is 10.8 Å². The van der Waals surface area contributed by atoms with E-state index in [9.17, 15) is 0 Å². The zero-order valence-corrected chi connectivity index (χ0v) is 13.1. The molecule has 0 spiro atoms. The lowest BCUT2D eigenvalue weighted by Crippen LogP contribution is -2.33. The lowest BCUT2D eigenvalue weighted by atomic mass is 10.1. The van der Waals surface area contributed by atoms with Gasteiger partial charge < -0.3 is 5.32 Å². The molecule has 16 heavy (non-hydrogen) atoms. The van der Waals surface area contributed by atoms with Crippen molar-refractivity contribution in [3.8, 4) is 0 Å². The van der Waals surface area contributed by atoms with Gasteiger partial charge in [-0.1, -0.05) is 23.2 Å². The van der Waals surface area contributed by atoms with Crippen LogP contribution in [0.2, 0.25) is 8.67 Å². The SMILES string of the molecule is CSC(C)(C)CNC(C)c1cc(Cl)sc1Cl. The fraction of sp³-hybridized carbons (Fsp3) is 0.636. The predicted molar refractivity (Wildman–Crippen MR) is 78.4 cm³/mol. The highest BCUT2D eigenvalue weighted by Gasteiger charge is 2.19. The van der Waals surface area contributed by atoms with Gasteiger partial charge in [-0.25, -0.2) is 0 Å². The van der Waals surface area contributed by atoms with Gasteiger partial charge in [0.05, 0.1) is 8.67 Å². The Bertz CT molecular complexity index is 350. The van der Waals surface area contributed by atoms with Gasteiger partial charge in [-0.2, -0.15) is 11.8 Å². The Morgan fingerprint density at radius 1 is 1.50 bits per heavy atom. The third-order valence-corrected chi connectivity index (χ3v) is 5.30. The molecule has 1 aromatic heterocycles. The zero-order chi connectivity index (χ0) is 12.3. The molecular weight excluding hydrogens is 281 g/mol. The Kier molecular flexibility index (Phi) is 5.46. The number of thiophene rings is 1. The normalized spacial score (nSPS) is 14.1. The van der Waals surface area contributed by atoms with Crippen molar-refractivity contribution in [2.45, 2.75) is 31.6 Å². The molecule has 1 nitrogen and oxygen atoms in total. The fourth-order valence-corrected chi connectivity index (χ4v) is 3.10. The van der Waals surface area contributed by atoms with Crippen molar-refractivity contribution in [3.05, 3.63) is 20.3 Å². The lowest BCUT2D eigenvalue weighted by molar-refractivity contribution is 0.523. The Balaban J connectivity index is 2.59. The first kappa shape index (κ1) is 14.7. The second-order valence-corrected chi connectivity index (χ2v) is 8.14. The van der Waals surface area contributed by atoms with Crippen molar-refractivity contribution in [3.63, 3.8) is 0 Å². The highest BCUT2D eigenvalue weighted by Crippen LogP contribution is 2.35. The maximum absolute atomic E-state index is 6.11. The quantitative estimate of drug-likeness (QED) is 0.834.